The van der Waals surface area contributed by atoms with Crippen molar-refractivity contribution in [3.8, 4) is 0 Å². The molecule has 0 amide bonds. The first-order valence-corrected chi connectivity index (χ1v) is 3.12. The van der Waals surface area contributed by atoms with E-state index in [0.29, 0.717) is 19.8 Å². The molecule has 0 aromatic heterocycles. The monoisotopic (exact) mass is 147 g/mol. The molecular formula is C6H11O4. The molecule has 0 N–H and O–H groups in total. The van der Waals surface area contributed by atoms with Crippen LogP contribution in [-0.2, 0) is 19.4 Å². The van der Waals surface area contributed by atoms with E-state index < -0.39 is 5.97 Å². The molecule has 0 heterocycles. The van der Waals surface area contributed by atoms with E-state index in [2.05, 4.69) is 4.74 Å². The van der Waals surface area contributed by atoms with E-state index in [0.717, 1.165) is 0 Å². The van der Waals surface area contributed by atoms with E-state index in [1.165, 1.54) is 0 Å². The highest BCUT2D eigenvalue weighted by molar-refractivity contribution is 5.67. The molecule has 0 unspecified atom stereocenters. The molecule has 0 saturated carbocycles. The highest BCUT2D eigenvalue weighted by atomic mass is 16.5. The third-order valence-corrected chi connectivity index (χ3v) is 0.796. The Kier molecular flexibility index (Phi) is 6.11. The van der Waals surface area contributed by atoms with Crippen LogP contribution >= 0.6 is 0 Å². The van der Waals surface area contributed by atoms with Crippen molar-refractivity contribution in [3.63, 3.8) is 0 Å². The molecule has 4 heteroatoms. The van der Waals surface area contributed by atoms with E-state index in [1.54, 1.807) is 0 Å². The quantitative estimate of drug-likeness (QED) is 0.497. The van der Waals surface area contributed by atoms with Gasteiger partial charge in [-0.2, -0.15) is 0 Å². The van der Waals surface area contributed by atoms with Crippen molar-refractivity contribution in [2.45, 2.75) is 6.92 Å². The summed E-state index contributed by atoms with van der Waals surface area (Å²) in [6, 6.07) is 0. The second kappa shape index (κ2) is 6.51. The zero-order valence-electron chi connectivity index (χ0n) is 5.96. The van der Waals surface area contributed by atoms with E-state index in [-0.39, 0.29) is 6.61 Å². The Morgan fingerprint density at radius 2 is 1.90 bits per heavy atom. The molecule has 0 rings (SSSR count). The van der Waals surface area contributed by atoms with Crippen molar-refractivity contribution >= 4 is 5.97 Å². The summed E-state index contributed by atoms with van der Waals surface area (Å²) < 4.78 is 9.49. The molecule has 0 bridgehead atoms. The maximum Gasteiger partial charge on any atom is 0.380 e. The predicted octanol–water partition coefficient (Wildman–Crippen LogP) is -0.00340. The van der Waals surface area contributed by atoms with Gasteiger partial charge in [-0.3, -0.25) is 0 Å². The van der Waals surface area contributed by atoms with Crippen molar-refractivity contribution in [1.29, 1.82) is 0 Å². The minimum atomic E-state index is -1.20. The molecule has 0 aliphatic carbocycles. The fourth-order valence-corrected chi connectivity index (χ4v) is 0.418. The van der Waals surface area contributed by atoms with Crippen LogP contribution in [0.2, 0.25) is 0 Å². The average Bonchev–Trinajstić information content (AvgIpc) is 1.87. The van der Waals surface area contributed by atoms with Crippen molar-refractivity contribution in [2.75, 3.05) is 26.4 Å². The molecule has 0 spiro atoms. The molecule has 0 aliphatic rings. The van der Waals surface area contributed by atoms with Gasteiger partial charge in [0.15, 0.2) is 0 Å². The van der Waals surface area contributed by atoms with Crippen LogP contribution in [-0.4, -0.2) is 32.4 Å². The summed E-state index contributed by atoms with van der Waals surface area (Å²) in [4.78, 5) is 9.76. The van der Waals surface area contributed by atoms with Gasteiger partial charge in [-0.25, -0.2) is 9.90 Å². The number of carbonyl (C=O) groups is 1. The van der Waals surface area contributed by atoms with Gasteiger partial charge in [0.05, 0.1) is 13.2 Å². The number of hydrogen-bond acceptors (Lipinski definition) is 3. The molecule has 0 aromatic carbocycles. The van der Waals surface area contributed by atoms with Crippen LogP contribution in [0, 0.1) is 0 Å². The van der Waals surface area contributed by atoms with Crippen LogP contribution in [0.4, 0.5) is 0 Å². The number of carbonyl (C=O) groups excluding carboxylic acids is 1. The first kappa shape index (κ1) is 9.39. The normalized spacial score (nSPS) is 9.70. The fraction of sp³-hybridized carbons (Fsp3) is 0.833. The van der Waals surface area contributed by atoms with Gasteiger partial charge in [0, 0.05) is 6.61 Å². The summed E-state index contributed by atoms with van der Waals surface area (Å²) in [5, 5.41) is 9.76. The standard InChI is InChI=1S/C6H11O4/c1-2-9-3-4-10-5-6(7)8/h2-5H2,1H3. The third-order valence-electron chi connectivity index (χ3n) is 0.796. The minimum absolute atomic E-state index is 0.307. The molecule has 59 valence electrons. The Bertz CT molecular complexity index is 91.7. The first-order valence-electron chi connectivity index (χ1n) is 3.12. The zero-order valence-corrected chi connectivity index (χ0v) is 5.96. The predicted molar refractivity (Wildman–Crippen MR) is 33.0 cm³/mol. The Hall–Kier alpha value is -0.610. The SMILES string of the molecule is CCOCCOCC([O])=O. The van der Waals surface area contributed by atoms with Gasteiger partial charge >= 0.3 is 5.97 Å². The number of rotatable bonds is 6. The summed E-state index contributed by atoms with van der Waals surface area (Å²) in [6.45, 7) is 2.87. The molecule has 0 saturated heterocycles. The number of hydrogen-bond donors (Lipinski definition) is 0. The molecule has 4 nitrogen and oxygen atoms in total. The second-order valence-corrected chi connectivity index (χ2v) is 1.62. The highest BCUT2D eigenvalue weighted by Gasteiger charge is 1.97. The third kappa shape index (κ3) is 7.39. The summed E-state index contributed by atoms with van der Waals surface area (Å²) in [5.41, 5.74) is 0. The van der Waals surface area contributed by atoms with Gasteiger partial charge in [0.25, 0.3) is 0 Å². The number of ether oxygens (including phenoxy) is 2. The molecule has 0 aromatic rings. The van der Waals surface area contributed by atoms with Gasteiger partial charge < -0.3 is 9.47 Å². The Balaban J connectivity index is 2.84. The van der Waals surface area contributed by atoms with Gasteiger partial charge in [0.2, 0.25) is 0 Å². The maximum absolute atomic E-state index is 9.76. The van der Waals surface area contributed by atoms with E-state index in [9.17, 15) is 9.90 Å². The highest BCUT2D eigenvalue weighted by Crippen LogP contribution is 1.77. The summed E-state index contributed by atoms with van der Waals surface area (Å²) in [7, 11) is 0. The fourth-order valence-electron chi connectivity index (χ4n) is 0.418. The zero-order chi connectivity index (χ0) is 7.82. The van der Waals surface area contributed by atoms with E-state index >= 15 is 0 Å². The van der Waals surface area contributed by atoms with Gasteiger partial charge in [0.1, 0.15) is 6.61 Å². The van der Waals surface area contributed by atoms with E-state index in [1.807, 2.05) is 6.92 Å². The summed E-state index contributed by atoms with van der Waals surface area (Å²) in [6.07, 6.45) is 0. The van der Waals surface area contributed by atoms with Crippen LogP contribution in [0.15, 0.2) is 0 Å². The lowest BCUT2D eigenvalue weighted by atomic mass is 10.7. The van der Waals surface area contributed by atoms with Gasteiger partial charge in [-0.1, -0.05) is 0 Å². The Labute approximate surface area is 59.7 Å². The van der Waals surface area contributed by atoms with Gasteiger partial charge in [-0.05, 0) is 6.92 Å². The molecule has 10 heavy (non-hydrogen) atoms. The van der Waals surface area contributed by atoms with Crippen LogP contribution in [0.25, 0.3) is 0 Å². The second-order valence-electron chi connectivity index (χ2n) is 1.62. The van der Waals surface area contributed by atoms with Crippen LogP contribution in [0.3, 0.4) is 0 Å². The molecule has 0 fully saturated rings. The van der Waals surface area contributed by atoms with Crippen molar-refractivity contribution in [2.24, 2.45) is 0 Å². The van der Waals surface area contributed by atoms with Gasteiger partial charge in [-0.15, -0.1) is 0 Å². The lowest BCUT2D eigenvalue weighted by molar-refractivity contribution is -0.148. The first-order chi connectivity index (χ1) is 4.77. The van der Waals surface area contributed by atoms with Crippen molar-refractivity contribution in [3.05, 3.63) is 0 Å². The summed E-state index contributed by atoms with van der Waals surface area (Å²) in [5.74, 6) is -1.20. The van der Waals surface area contributed by atoms with E-state index in [4.69, 9.17) is 4.74 Å². The van der Waals surface area contributed by atoms with Crippen LogP contribution < -0.4 is 0 Å². The Morgan fingerprint density at radius 3 is 2.40 bits per heavy atom. The topological polar surface area (TPSA) is 55.4 Å². The lowest BCUT2D eigenvalue weighted by Gasteiger charge is -1.99. The van der Waals surface area contributed by atoms with Crippen LogP contribution in [0.1, 0.15) is 6.92 Å². The Morgan fingerprint density at radius 1 is 1.30 bits per heavy atom. The average molecular weight is 147 g/mol. The molecule has 1 radical (unpaired) electrons. The smallest absolute Gasteiger partial charge is 0.379 e. The maximum atomic E-state index is 9.76. The molecular weight excluding hydrogens is 136 g/mol. The largest absolute Gasteiger partial charge is 0.380 e. The van der Waals surface area contributed by atoms with Crippen LogP contribution in [0.5, 0.6) is 0 Å². The minimum Gasteiger partial charge on any atom is -0.379 e. The van der Waals surface area contributed by atoms with Crippen molar-refractivity contribution in [1.82, 2.24) is 0 Å². The van der Waals surface area contributed by atoms with Crippen molar-refractivity contribution < 1.29 is 19.4 Å². The molecule has 0 aliphatic heterocycles. The summed E-state index contributed by atoms with van der Waals surface area (Å²) >= 11 is 0. The molecule has 0 atom stereocenters. The lowest BCUT2D eigenvalue weighted by Crippen LogP contribution is -2.10.